The van der Waals surface area contributed by atoms with Gasteiger partial charge >= 0.3 is 0 Å². The zero-order valence-electron chi connectivity index (χ0n) is 11.6. The fraction of sp³-hybridized carbons (Fsp3) is 0.786. The smallest absolute Gasteiger partial charge is 0.0928 e. The minimum atomic E-state index is 0.719. The molecular weight excluding hydrogens is 242 g/mol. The fourth-order valence-electron chi connectivity index (χ4n) is 2.58. The van der Waals surface area contributed by atoms with Crippen LogP contribution >= 0.6 is 11.3 Å². The van der Waals surface area contributed by atoms with Gasteiger partial charge in [-0.05, 0) is 52.2 Å². The predicted molar refractivity (Wildman–Crippen MR) is 78.1 cm³/mol. The van der Waals surface area contributed by atoms with Crippen molar-refractivity contribution in [3.63, 3.8) is 0 Å². The summed E-state index contributed by atoms with van der Waals surface area (Å²) in [6.45, 7) is 5.56. The van der Waals surface area contributed by atoms with Gasteiger partial charge in [0.2, 0.25) is 0 Å². The molecule has 1 aromatic rings. The monoisotopic (exact) mass is 267 g/mol. The Bertz CT molecular complexity index is 343. The second-order valence-corrected chi connectivity index (χ2v) is 6.18. The molecule has 1 atom stereocenters. The van der Waals surface area contributed by atoms with Crippen molar-refractivity contribution in [1.29, 1.82) is 0 Å². The molecule has 102 valence electrons. The molecule has 0 spiro atoms. The van der Waals surface area contributed by atoms with Crippen LogP contribution in [0.3, 0.4) is 0 Å². The van der Waals surface area contributed by atoms with E-state index in [4.69, 9.17) is 4.98 Å². The summed E-state index contributed by atoms with van der Waals surface area (Å²) in [5, 5.41) is 7.00. The summed E-state index contributed by atoms with van der Waals surface area (Å²) in [4.78, 5) is 7.20. The van der Waals surface area contributed by atoms with Gasteiger partial charge in [-0.2, -0.15) is 0 Å². The Morgan fingerprint density at radius 2 is 2.33 bits per heavy atom. The van der Waals surface area contributed by atoms with E-state index in [1.165, 1.54) is 42.9 Å². The topological polar surface area (TPSA) is 28.2 Å². The molecule has 0 aliphatic carbocycles. The number of nitrogens with zero attached hydrogens (tertiary/aromatic N) is 2. The van der Waals surface area contributed by atoms with Gasteiger partial charge in [0, 0.05) is 18.0 Å². The summed E-state index contributed by atoms with van der Waals surface area (Å²) < 4.78 is 0. The Balaban J connectivity index is 1.86. The van der Waals surface area contributed by atoms with E-state index in [-0.39, 0.29) is 0 Å². The van der Waals surface area contributed by atoms with Gasteiger partial charge in [-0.3, -0.25) is 4.90 Å². The number of hydrogen-bond acceptors (Lipinski definition) is 4. The fourth-order valence-corrected chi connectivity index (χ4v) is 3.47. The summed E-state index contributed by atoms with van der Waals surface area (Å²) in [6.07, 6.45) is 6.20. The lowest BCUT2D eigenvalue weighted by Crippen LogP contribution is -2.32. The number of aryl methyl sites for hydroxylation is 1. The van der Waals surface area contributed by atoms with Crippen molar-refractivity contribution in [3.8, 4) is 0 Å². The van der Waals surface area contributed by atoms with Crippen molar-refractivity contribution in [3.05, 3.63) is 16.1 Å². The molecule has 3 nitrogen and oxygen atoms in total. The Hall–Kier alpha value is -0.450. The van der Waals surface area contributed by atoms with Gasteiger partial charge in [0.1, 0.15) is 0 Å². The molecule has 1 aromatic heterocycles. The van der Waals surface area contributed by atoms with E-state index in [0.29, 0.717) is 0 Å². The van der Waals surface area contributed by atoms with Gasteiger partial charge in [0.15, 0.2) is 0 Å². The highest BCUT2D eigenvalue weighted by Gasteiger charge is 2.17. The van der Waals surface area contributed by atoms with E-state index in [1.807, 2.05) is 11.3 Å². The van der Waals surface area contributed by atoms with Crippen LogP contribution in [-0.4, -0.2) is 36.1 Å². The van der Waals surface area contributed by atoms with Crippen molar-refractivity contribution < 1.29 is 0 Å². The third kappa shape index (κ3) is 4.04. The van der Waals surface area contributed by atoms with Gasteiger partial charge in [-0.25, -0.2) is 4.98 Å². The molecule has 1 aliphatic rings. The van der Waals surface area contributed by atoms with Gasteiger partial charge in [0.05, 0.1) is 10.7 Å². The van der Waals surface area contributed by atoms with Crippen LogP contribution < -0.4 is 5.32 Å². The first-order valence-corrected chi connectivity index (χ1v) is 8.01. The largest absolute Gasteiger partial charge is 0.317 e. The highest BCUT2D eigenvalue weighted by Crippen LogP contribution is 2.17. The maximum atomic E-state index is 4.72. The summed E-state index contributed by atoms with van der Waals surface area (Å²) >= 11 is 1.82. The van der Waals surface area contributed by atoms with Crippen LogP contribution in [0.2, 0.25) is 0 Å². The molecule has 0 aromatic carbocycles. The zero-order valence-corrected chi connectivity index (χ0v) is 12.4. The van der Waals surface area contributed by atoms with Crippen molar-refractivity contribution in [2.45, 2.75) is 51.6 Å². The molecule has 1 aliphatic heterocycles. The zero-order chi connectivity index (χ0) is 12.8. The summed E-state index contributed by atoms with van der Waals surface area (Å²) in [6, 6.07) is 0.719. The Morgan fingerprint density at radius 3 is 3.17 bits per heavy atom. The molecule has 0 bridgehead atoms. The standard InChI is InChI=1S/C14H25N3S/c1-3-5-14-16-12(11-18-14)10-17(2)13-6-4-8-15-9-7-13/h11,13,15H,3-10H2,1-2H3. The van der Waals surface area contributed by atoms with Crippen LogP contribution in [0.5, 0.6) is 0 Å². The average molecular weight is 267 g/mol. The highest BCUT2D eigenvalue weighted by molar-refractivity contribution is 7.09. The summed E-state index contributed by atoms with van der Waals surface area (Å²) in [7, 11) is 2.24. The van der Waals surface area contributed by atoms with Crippen LogP contribution in [-0.2, 0) is 13.0 Å². The lowest BCUT2D eigenvalue weighted by molar-refractivity contribution is 0.214. The van der Waals surface area contributed by atoms with Crippen LogP contribution in [0.15, 0.2) is 5.38 Å². The molecule has 0 amide bonds. The Kier molecular flexibility index (Phi) is 5.60. The second kappa shape index (κ2) is 7.22. The van der Waals surface area contributed by atoms with E-state index in [2.05, 4.69) is 29.6 Å². The molecule has 1 unspecified atom stereocenters. The van der Waals surface area contributed by atoms with Gasteiger partial charge in [-0.1, -0.05) is 6.92 Å². The van der Waals surface area contributed by atoms with Crippen molar-refractivity contribution in [2.24, 2.45) is 0 Å². The molecule has 2 rings (SSSR count). The Morgan fingerprint density at radius 1 is 1.44 bits per heavy atom. The molecule has 4 heteroatoms. The number of thiazole rings is 1. The maximum Gasteiger partial charge on any atom is 0.0928 e. The van der Waals surface area contributed by atoms with E-state index < -0.39 is 0 Å². The first kappa shape index (κ1) is 14.0. The van der Waals surface area contributed by atoms with E-state index in [0.717, 1.165) is 25.6 Å². The third-order valence-electron chi connectivity index (χ3n) is 3.64. The predicted octanol–water partition coefficient (Wildman–Crippen LogP) is 2.67. The van der Waals surface area contributed by atoms with Gasteiger partial charge in [0.25, 0.3) is 0 Å². The molecule has 1 saturated heterocycles. The number of rotatable bonds is 5. The lowest BCUT2D eigenvalue weighted by Gasteiger charge is -2.25. The third-order valence-corrected chi connectivity index (χ3v) is 4.60. The van der Waals surface area contributed by atoms with Crippen molar-refractivity contribution >= 4 is 11.3 Å². The Labute approximate surface area is 115 Å². The van der Waals surface area contributed by atoms with Crippen LogP contribution in [0.25, 0.3) is 0 Å². The second-order valence-electron chi connectivity index (χ2n) is 5.23. The minimum Gasteiger partial charge on any atom is -0.317 e. The first-order valence-electron chi connectivity index (χ1n) is 7.14. The molecule has 18 heavy (non-hydrogen) atoms. The lowest BCUT2D eigenvalue weighted by atomic mass is 10.1. The highest BCUT2D eigenvalue weighted by atomic mass is 32.1. The van der Waals surface area contributed by atoms with E-state index in [9.17, 15) is 0 Å². The quantitative estimate of drug-likeness (QED) is 0.889. The minimum absolute atomic E-state index is 0.719. The number of nitrogens with one attached hydrogen (secondary N) is 1. The molecule has 0 saturated carbocycles. The van der Waals surface area contributed by atoms with Crippen molar-refractivity contribution in [1.82, 2.24) is 15.2 Å². The average Bonchev–Trinajstić information content (AvgIpc) is 2.65. The molecule has 1 N–H and O–H groups in total. The number of aromatic nitrogens is 1. The number of hydrogen-bond donors (Lipinski definition) is 1. The van der Waals surface area contributed by atoms with Crippen LogP contribution in [0.4, 0.5) is 0 Å². The molecule has 2 heterocycles. The van der Waals surface area contributed by atoms with Gasteiger partial charge in [-0.15, -0.1) is 11.3 Å². The molecule has 0 radical (unpaired) electrons. The summed E-state index contributed by atoms with van der Waals surface area (Å²) in [5.41, 5.74) is 1.25. The summed E-state index contributed by atoms with van der Waals surface area (Å²) in [5.74, 6) is 0. The normalized spacial score (nSPS) is 21.2. The van der Waals surface area contributed by atoms with Gasteiger partial charge < -0.3 is 5.32 Å². The first-order chi connectivity index (χ1) is 8.79. The van der Waals surface area contributed by atoms with E-state index in [1.54, 1.807) is 0 Å². The van der Waals surface area contributed by atoms with Crippen molar-refractivity contribution in [2.75, 3.05) is 20.1 Å². The maximum absolute atomic E-state index is 4.72. The van der Waals surface area contributed by atoms with Crippen LogP contribution in [0, 0.1) is 0 Å². The molecule has 1 fully saturated rings. The SMILES string of the molecule is CCCc1nc(CN(C)C2CCCNCC2)cs1. The molecular formula is C14H25N3S. The van der Waals surface area contributed by atoms with E-state index >= 15 is 0 Å². The van der Waals surface area contributed by atoms with Crippen LogP contribution in [0.1, 0.15) is 43.3 Å².